The molecule has 0 saturated carbocycles. The van der Waals surface area contributed by atoms with E-state index < -0.39 is 0 Å². The Labute approximate surface area is 259 Å². The average Bonchev–Trinajstić information content (AvgIpc) is 3.76. The average molecular weight is 577 g/mol. The Hall–Kier alpha value is -5.80. The van der Waals surface area contributed by atoms with Gasteiger partial charge in [-0.1, -0.05) is 97.1 Å². The molecule has 45 heavy (non-hydrogen) atoms. The summed E-state index contributed by atoms with van der Waals surface area (Å²) in [6, 6.07) is 48.1. The molecule has 0 bridgehead atoms. The van der Waals surface area contributed by atoms with E-state index in [2.05, 4.69) is 155 Å². The summed E-state index contributed by atoms with van der Waals surface area (Å²) in [5, 5.41) is 6.10. The number of aryl methyl sites for hydroxylation is 1. The topological polar surface area (TPSA) is 23.0 Å². The van der Waals surface area contributed by atoms with Crippen molar-refractivity contribution < 1.29 is 4.42 Å². The standard InChI is InChI=1S/C42H28N2O/c1-7-19-36-28(13-1)29-14-2-8-20-37(29)43(36)27-25-34(42-35(26-27)33-18-6-12-24-41(33)45-42)32-17-5-11-23-40(32)44-38-21-9-3-15-30(38)31-16-4-10-22-39(31)44/h1,3-13,15-26H,2,14H2. The van der Waals surface area contributed by atoms with E-state index in [1.807, 2.05) is 0 Å². The van der Waals surface area contributed by atoms with Crippen molar-refractivity contribution >= 4 is 60.7 Å². The maximum Gasteiger partial charge on any atom is 0.143 e. The van der Waals surface area contributed by atoms with Crippen LogP contribution in [0.25, 0.3) is 83.2 Å². The van der Waals surface area contributed by atoms with Crippen LogP contribution >= 0.6 is 0 Å². The van der Waals surface area contributed by atoms with Gasteiger partial charge in [0.25, 0.3) is 0 Å². The zero-order chi connectivity index (χ0) is 29.5. The number of benzene rings is 6. The van der Waals surface area contributed by atoms with Gasteiger partial charge in [0, 0.05) is 49.4 Å². The molecular weight excluding hydrogens is 548 g/mol. The van der Waals surface area contributed by atoms with Crippen LogP contribution in [0.4, 0.5) is 0 Å². The van der Waals surface area contributed by atoms with Gasteiger partial charge in [-0.05, 0) is 66.9 Å². The van der Waals surface area contributed by atoms with Gasteiger partial charge in [0.05, 0.1) is 22.2 Å². The highest BCUT2D eigenvalue weighted by Gasteiger charge is 2.23. The fraction of sp³-hybridized carbons (Fsp3) is 0.0476. The van der Waals surface area contributed by atoms with Crippen LogP contribution in [-0.4, -0.2) is 9.13 Å². The molecule has 3 nitrogen and oxygen atoms in total. The van der Waals surface area contributed by atoms with E-state index in [4.69, 9.17) is 4.42 Å². The van der Waals surface area contributed by atoms with Crippen molar-refractivity contribution in [3.05, 3.63) is 151 Å². The van der Waals surface area contributed by atoms with Crippen molar-refractivity contribution in [2.75, 3.05) is 0 Å². The molecule has 3 heteroatoms. The first kappa shape index (κ1) is 24.6. The third-order valence-corrected chi connectivity index (χ3v) is 9.59. The number of allylic oxidation sites excluding steroid dienone is 1. The lowest BCUT2D eigenvalue weighted by Crippen LogP contribution is -2.02. The summed E-state index contributed by atoms with van der Waals surface area (Å²) in [5.41, 5.74) is 12.6. The Bertz CT molecular complexity index is 2610. The SMILES string of the molecule is C1=Cc2c(c3ccccc3n2-c2cc(-c3ccccc3-n3c4ccccc4c4ccccc43)c3oc4ccccc4c3c2)CC1. The summed E-state index contributed by atoms with van der Waals surface area (Å²) in [4.78, 5) is 0. The Morgan fingerprint density at radius 3 is 1.91 bits per heavy atom. The lowest BCUT2D eigenvalue weighted by Gasteiger charge is -2.17. The van der Waals surface area contributed by atoms with Crippen LogP contribution in [0.15, 0.2) is 144 Å². The molecule has 212 valence electrons. The fourth-order valence-electron chi connectivity index (χ4n) is 7.68. The van der Waals surface area contributed by atoms with Gasteiger partial charge in [0.15, 0.2) is 0 Å². The molecule has 0 spiro atoms. The molecule has 3 heterocycles. The Balaban J connectivity index is 1.34. The molecule has 0 fully saturated rings. The summed E-state index contributed by atoms with van der Waals surface area (Å²) < 4.78 is 11.6. The normalized spacial score (nSPS) is 13.1. The molecule has 3 aromatic heterocycles. The predicted molar refractivity (Wildman–Crippen MR) is 188 cm³/mol. The number of hydrogen-bond acceptors (Lipinski definition) is 1. The summed E-state index contributed by atoms with van der Waals surface area (Å²) in [6.07, 6.45) is 6.74. The first-order chi connectivity index (χ1) is 22.3. The van der Waals surface area contributed by atoms with Gasteiger partial charge in [-0.15, -0.1) is 0 Å². The number of rotatable bonds is 3. The maximum absolute atomic E-state index is 6.73. The lowest BCUT2D eigenvalue weighted by molar-refractivity contribution is 0.670. The number of para-hydroxylation sites is 5. The van der Waals surface area contributed by atoms with E-state index in [0.717, 1.165) is 57.3 Å². The molecular formula is C42H28N2O. The Morgan fingerprint density at radius 1 is 0.511 bits per heavy atom. The zero-order valence-corrected chi connectivity index (χ0v) is 24.6. The lowest BCUT2D eigenvalue weighted by atomic mass is 9.98. The molecule has 0 amide bonds. The molecule has 0 unspecified atom stereocenters. The third kappa shape index (κ3) is 3.46. The third-order valence-electron chi connectivity index (χ3n) is 9.59. The van der Waals surface area contributed by atoms with E-state index in [-0.39, 0.29) is 0 Å². The van der Waals surface area contributed by atoms with Crippen molar-refractivity contribution in [2.45, 2.75) is 12.8 Å². The number of furan rings is 1. The van der Waals surface area contributed by atoms with E-state index in [1.165, 1.54) is 44.0 Å². The molecule has 9 aromatic rings. The zero-order valence-electron chi connectivity index (χ0n) is 24.6. The van der Waals surface area contributed by atoms with E-state index >= 15 is 0 Å². The highest BCUT2D eigenvalue weighted by Crippen LogP contribution is 2.43. The van der Waals surface area contributed by atoms with Crippen LogP contribution in [0.1, 0.15) is 17.7 Å². The van der Waals surface area contributed by atoms with Crippen LogP contribution in [0, 0.1) is 0 Å². The molecule has 0 atom stereocenters. The number of fused-ring (bicyclic) bond motifs is 9. The van der Waals surface area contributed by atoms with Crippen molar-refractivity contribution in [3.63, 3.8) is 0 Å². The smallest absolute Gasteiger partial charge is 0.143 e. The summed E-state index contributed by atoms with van der Waals surface area (Å²) in [6.45, 7) is 0. The molecule has 0 saturated heterocycles. The summed E-state index contributed by atoms with van der Waals surface area (Å²) >= 11 is 0. The van der Waals surface area contributed by atoms with E-state index in [1.54, 1.807) is 0 Å². The molecule has 0 N–H and O–H groups in total. The van der Waals surface area contributed by atoms with Crippen molar-refractivity contribution in [2.24, 2.45) is 0 Å². The minimum atomic E-state index is 0.902. The molecule has 6 aromatic carbocycles. The quantitative estimate of drug-likeness (QED) is 0.205. The summed E-state index contributed by atoms with van der Waals surface area (Å²) in [7, 11) is 0. The Morgan fingerprint density at radius 2 is 1.13 bits per heavy atom. The molecule has 0 radical (unpaired) electrons. The minimum absolute atomic E-state index is 0.902. The maximum atomic E-state index is 6.73. The highest BCUT2D eigenvalue weighted by molar-refractivity contribution is 6.13. The van der Waals surface area contributed by atoms with Gasteiger partial charge in [0.1, 0.15) is 11.2 Å². The highest BCUT2D eigenvalue weighted by atomic mass is 16.3. The summed E-state index contributed by atoms with van der Waals surface area (Å²) in [5.74, 6) is 0. The molecule has 1 aliphatic carbocycles. The first-order valence-electron chi connectivity index (χ1n) is 15.7. The van der Waals surface area contributed by atoms with Crippen molar-refractivity contribution in [1.29, 1.82) is 0 Å². The largest absolute Gasteiger partial charge is 0.455 e. The van der Waals surface area contributed by atoms with Gasteiger partial charge in [-0.25, -0.2) is 0 Å². The second kappa shape index (κ2) is 9.35. The molecule has 0 aliphatic heterocycles. The van der Waals surface area contributed by atoms with Crippen LogP contribution in [0.2, 0.25) is 0 Å². The van der Waals surface area contributed by atoms with Gasteiger partial charge >= 0.3 is 0 Å². The van der Waals surface area contributed by atoms with Crippen LogP contribution in [0.3, 0.4) is 0 Å². The minimum Gasteiger partial charge on any atom is -0.455 e. The van der Waals surface area contributed by atoms with Gasteiger partial charge in [-0.2, -0.15) is 0 Å². The van der Waals surface area contributed by atoms with E-state index in [9.17, 15) is 0 Å². The monoisotopic (exact) mass is 576 g/mol. The number of nitrogens with zero attached hydrogens (tertiary/aromatic N) is 2. The second-order valence-corrected chi connectivity index (χ2v) is 12.0. The first-order valence-corrected chi connectivity index (χ1v) is 15.7. The van der Waals surface area contributed by atoms with Crippen LogP contribution < -0.4 is 0 Å². The second-order valence-electron chi connectivity index (χ2n) is 12.0. The van der Waals surface area contributed by atoms with Crippen LogP contribution in [0.5, 0.6) is 0 Å². The molecule has 1 aliphatic rings. The molecule has 10 rings (SSSR count). The number of hydrogen-bond donors (Lipinski definition) is 0. The van der Waals surface area contributed by atoms with Crippen molar-refractivity contribution in [1.82, 2.24) is 9.13 Å². The van der Waals surface area contributed by atoms with Gasteiger partial charge in [0.2, 0.25) is 0 Å². The Kier molecular flexibility index (Phi) is 5.11. The van der Waals surface area contributed by atoms with Gasteiger partial charge < -0.3 is 13.6 Å². The van der Waals surface area contributed by atoms with Crippen molar-refractivity contribution in [3.8, 4) is 22.5 Å². The fourth-order valence-corrected chi connectivity index (χ4v) is 7.68. The predicted octanol–water partition coefficient (Wildman–Crippen LogP) is 11.3. The van der Waals surface area contributed by atoms with Gasteiger partial charge in [-0.3, -0.25) is 0 Å². The number of aromatic nitrogens is 2. The van der Waals surface area contributed by atoms with E-state index in [0.29, 0.717) is 0 Å². The van der Waals surface area contributed by atoms with Crippen LogP contribution in [-0.2, 0) is 6.42 Å².